The summed E-state index contributed by atoms with van der Waals surface area (Å²) in [5.41, 5.74) is -0.423. The fourth-order valence-corrected chi connectivity index (χ4v) is 1.81. The minimum Gasteiger partial charge on any atom is -0.453 e. The van der Waals surface area contributed by atoms with Crippen molar-refractivity contribution in [3.8, 4) is 11.5 Å². The molecule has 0 spiro atoms. The van der Waals surface area contributed by atoms with Crippen molar-refractivity contribution < 1.29 is 22.3 Å². The number of hydrogen-bond acceptors (Lipinski definition) is 2. The SMILES string of the molecule is CC(C)(C)c1ccc(Oc2cncc(C(F)(F)F)c2)c(F)c1. The predicted octanol–water partition coefficient (Wildman–Crippen LogP) is 5.33. The molecule has 118 valence electrons. The zero-order valence-corrected chi connectivity index (χ0v) is 12.3. The first-order valence-electron chi connectivity index (χ1n) is 6.57. The van der Waals surface area contributed by atoms with Crippen LogP contribution < -0.4 is 4.74 Å². The van der Waals surface area contributed by atoms with Gasteiger partial charge >= 0.3 is 6.18 Å². The maximum Gasteiger partial charge on any atom is 0.418 e. The van der Waals surface area contributed by atoms with Gasteiger partial charge in [-0.1, -0.05) is 26.8 Å². The fraction of sp³-hybridized carbons (Fsp3) is 0.312. The highest BCUT2D eigenvalue weighted by atomic mass is 19.4. The Morgan fingerprint density at radius 3 is 2.18 bits per heavy atom. The van der Waals surface area contributed by atoms with E-state index < -0.39 is 17.6 Å². The predicted molar refractivity (Wildman–Crippen MR) is 74.4 cm³/mol. The van der Waals surface area contributed by atoms with Crippen LogP contribution in [0.4, 0.5) is 17.6 Å². The first-order chi connectivity index (χ1) is 10.1. The van der Waals surface area contributed by atoms with Crippen molar-refractivity contribution in [2.24, 2.45) is 0 Å². The Bertz CT molecular complexity index is 675. The second-order valence-electron chi connectivity index (χ2n) is 5.90. The molecule has 6 heteroatoms. The molecule has 0 bridgehead atoms. The van der Waals surface area contributed by atoms with Crippen molar-refractivity contribution >= 4 is 0 Å². The van der Waals surface area contributed by atoms with Gasteiger partial charge in [0.1, 0.15) is 5.75 Å². The molecule has 0 radical (unpaired) electrons. The molecule has 0 aliphatic rings. The highest BCUT2D eigenvalue weighted by molar-refractivity contribution is 5.37. The lowest BCUT2D eigenvalue weighted by Crippen LogP contribution is -2.11. The van der Waals surface area contributed by atoms with E-state index >= 15 is 0 Å². The Balaban J connectivity index is 2.28. The number of hydrogen-bond donors (Lipinski definition) is 0. The van der Waals surface area contributed by atoms with Crippen LogP contribution in [0.5, 0.6) is 11.5 Å². The third kappa shape index (κ3) is 3.75. The molecule has 2 aromatic rings. The zero-order valence-electron chi connectivity index (χ0n) is 12.3. The van der Waals surface area contributed by atoms with E-state index in [2.05, 4.69) is 4.98 Å². The van der Waals surface area contributed by atoms with E-state index in [1.165, 1.54) is 12.1 Å². The third-order valence-electron chi connectivity index (χ3n) is 3.07. The van der Waals surface area contributed by atoms with E-state index in [1.807, 2.05) is 20.8 Å². The van der Waals surface area contributed by atoms with Crippen molar-refractivity contribution in [1.82, 2.24) is 4.98 Å². The van der Waals surface area contributed by atoms with Crippen molar-refractivity contribution in [1.29, 1.82) is 0 Å². The topological polar surface area (TPSA) is 22.1 Å². The summed E-state index contributed by atoms with van der Waals surface area (Å²) < 4.78 is 57.0. The minimum absolute atomic E-state index is 0.144. The van der Waals surface area contributed by atoms with Crippen molar-refractivity contribution in [3.63, 3.8) is 0 Å². The van der Waals surface area contributed by atoms with Gasteiger partial charge in [-0.15, -0.1) is 0 Å². The first-order valence-corrected chi connectivity index (χ1v) is 6.57. The van der Waals surface area contributed by atoms with E-state index in [1.54, 1.807) is 6.07 Å². The smallest absolute Gasteiger partial charge is 0.418 e. The van der Waals surface area contributed by atoms with Crippen LogP contribution in [0.15, 0.2) is 36.7 Å². The summed E-state index contributed by atoms with van der Waals surface area (Å²) in [6.07, 6.45) is -2.74. The second kappa shape index (κ2) is 5.59. The average Bonchev–Trinajstić information content (AvgIpc) is 2.39. The lowest BCUT2D eigenvalue weighted by atomic mass is 9.87. The van der Waals surface area contributed by atoms with Gasteiger partial charge in [0.2, 0.25) is 0 Å². The molecular weight excluding hydrogens is 298 g/mol. The normalized spacial score (nSPS) is 12.3. The number of halogens is 4. The van der Waals surface area contributed by atoms with E-state index in [9.17, 15) is 17.6 Å². The van der Waals surface area contributed by atoms with Crippen LogP contribution in [0.3, 0.4) is 0 Å². The number of ether oxygens (including phenoxy) is 1. The van der Waals surface area contributed by atoms with E-state index in [4.69, 9.17) is 4.74 Å². The molecule has 2 nitrogen and oxygen atoms in total. The molecule has 0 saturated carbocycles. The molecule has 1 aromatic heterocycles. The average molecular weight is 313 g/mol. The monoisotopic (exact) mass is 313 g/mol. The van der Waals surface area contributed by atoms with E-state index in [-0.39, 0.29) is 16.9 Å². The summed E-state index contributed by atoms with van der Waals surface area (Å²) in [6, 6.07) is 5.18. The highest BCUT2D eigenvalue weighted by Gasteiger charge is 2.31. The molecule has 1 heterocycles. The molecule has 22 heavy (non-hydrogen) atoms. The van der Waals surface area contributed by atoms with Crippen LogP contribution in [0.25, 0.3) is 0 Å². The molecule has 0 atom stereocenters. The Morgan fingerprint density at radius 1 is 0.955 bits per heavy atom. The van der Waals surface area contributed by atoms with Crippen LogP contribution in [0, 0.1) is 5.82 Å². The van der Waals surface area contributed by atoms with Gasteiger partial charge in [-0.25, -0.2) is 4.39 Å². The van der Waals surface area contributed by atoms with Gasteiger partial charge in [0.05, 0.1) is 11.8 Å². The second-order valence-corrected chi connectivity index (χ2v) is 5.90. The summed E-state index contributed by atoms with van der Waals surface area (Å²) in [4.78, 5) is 3.47. The molecule has 0 aliphatic carbocycles. The number of alkyl halides is 3. The summed E-state index contributed by atoms with van der Waals surface area (Å²) >= 11 is 0. The zero-order chi connectivity index (χ0) is 16.5. The van der Waals surface area contributed by atoms with Crippen LogP contribution >= 0.6 is 0 Å². The molecule has 0 unspecified atom stereocenters. The standard InChI is InChI=1S/C16H15F4NO/c1-15(2,3)10-4-5-14(13(17)7-10)22-12-6-11(8-21-9-12)16(18,19)20/h4-9H,1-3H3. The van der Waals surface area contributed by atoms with Gasteiger partial charge in [0, 0.05) is 6.20 Å². The van der Waals surface area contributed by atoms with Gasteiger partial charge in [0.25, 0.3) is 0 Å². The molecule has 0 amide bonds. The Morgan fingerprint density at radius 2 is 1.64 bits per heavy atom. The minimum atomic E-state index is -4.53. The van der Waals surface area contributed by atoms with Gasteiger partial charge in [-0.05, 0) is 29.2 Å². The third-order valence-corrected chi connectivity index (χ3v) is 3.07. The van der Waals surface area contributed by atoms with Crippen molar-refractivity contribution in [2.75, 3.05) is 0 Å². The number of nitrogens with zero attached hydrogens (tertiary/aromatic N) is 1. The molecule has 0 fully saturated rings. The molecule has 0 aliphatic heterocycles. The van der Waals surface area contributed by atoms with Gasteiger partial charge in [-0.3, -0.25) is 4.98 Å². The van der Waals surface area contributed by atoms with Crippen molar-refractivity contribution in [3.05, 3.63) is 53.6 Å². The lowest BCUT2D eigenvalue weighted by molar-refractivity contribution is -0.137. The Kier molecular flexibility index (Phi) is 4.13. The lowest BCUT2D eigenvalue weighted by Gasteiger charge is -2.19. The van der Waals surface area contributed by atoms with Gasteiger partial charge < -0.3 is 4.74 Å². The van der Waals surface area contributed by atoms with Crippen molar-refractivity contribution in [2.45, 2.75) is 32.4 Å². The largest absolute Gasteiger partial charge is 0.453 e. The Labute approximate surface area is 125 Å². The maximum atomic E-state index is 14.0. The first kappa shape index (κ1) is 16.3. The Hall–Kier alpha value is -2.11. The van der Waals surface area contributed by atoms with Crippen LogP contribution in [-0.2, 0) is 11.6 Å². The number of rotatable bonds is 2. The van der Waals surface area contributed by atoms with Crippen LogP contribution in [-0.4, -0.2) is 4.98 Å². The number of pyridine rings is 1. The fourth-order valence-electron chi connectivity index (χ4n) is 1.81. The number of aromatic nitrogens is 1. The maximum absolute atomic E-state index is 14.0. The van der Waals surface area contributed by atoms with Crippen LogP contribution in [0.2, 0.25) is 0 Å². The molecular formula is C16H15F4NO. The number of benzene rings is 1. The highest BCUT2D eigenvalue weighted by Crippen LogP contribution is 2.33. The van der Waals surface area contributed by atoms with E-state index in [0.29, 0.717) is 6.20 Å². The van der Waals surface area contributed by atoms with Crippen LogP contribution in [0.1, 0.15) is 31.9 Å². The van der Waals surface area contributed by atoms with E-state index in [0.717, 1.165) is 17.8 Å². The molecule has 1 aromatic carbocycles. The summed E-state index contributed by atoms with van der Waals surface area (Å²) in [5.74, 6) is -0.948. The summed E-state index contributed by atoms with van der Waals surface area (Å²) in [7, 11) is 0. The summed E-state index contributed by atoms with van der Waals surface area (Å²) in [5, 5.41) is 0. The van der Waals surface area contributed by atoms with Gasteiger partial charge in [0.15, 0.2) is 11.6 Å². The molecule has 0 saturated heterocycles. The molecule has 0 N–H and O–H groups in total. The molecule has 2 rings (SSSR count). The quantitative estimate of drug-likeness (QED) is 0.699. The van der Waals surface area contributed by atoms with Gasteiger partial charge in [-0.2, -0.15) is 13.2 Å². The summed E-state index contributed by atoms with van der Waals surface area (Å²) in [6.45, 7) is 5.79.